The monoisotopic (exact) mass is 248 g/mol. The molecule has 0 atom stereocenters. The van der Waals surface area contributed by atoms with Gasteiger partial charge in [-0.15, -0.1) is 0 Å². The number of ether oxygens (including phenoxy) is 2. The maximum Gasteiger partial charge on any atom is 0.325 e. The number of nitrogens with zero attached hydrogens (tertiary/aromatic N) is 2. The second-order valence-corrected chi connectivity index (χ2v) is 3.51. The van der Waals surface area contributed by atoms with E-state index in [0.29, 0.717) is 5.11 Å². The van der Waals surface area contributed by atoms with Gasteiger partial charge >= 0.3 is 11.9 Å². The molecule has 92 valence electrons. The number of carbonyl (C=O) groups excluding carboxylic acids is 2. The van der Waals surface area contributed by atoms with Gasteiger partial charge in [0.25, 0.3) is 0 Å². The standard InChI is InChI=1S/C9H16N2O4S/c1-10(5-7(12)14-3)9(16)11(2)6-8(13)15-4/h5-6H2,1-4H3. The van der Waals surface area contributed by atoms with E-state index >= 15 is 0 Å². The van der Waals surface area contributed by atoms with Crippen LogP contribution in [0.3, 0.4) is 0 Å². The van der Waals surface area contributed by atoms with Crippen molar-refractivity contribution < 1.29 is 19.1 Å². The quantitative estimate of drug-likeness (QED) is 0.490. The van der Waals surface area contributed by atoms with Crippen LogP contribution in [0, 0.1) is 0 Å². The first-order chi connectivity index (χ1) is 7.42. The van der Waals surface area contributed by atoms with Crippen molar-refractivity contribution in [1.82, 2.24) is 9.80 Å². The molecule has 0 heterocycles. The molecule has 0 N–H and O–H groups in total. The number of hydrogen-bond acceptors (Lipinski definition) is 5. The zero-order valence-electron chi connectivity index (χ0n) is 9.85. The van der Waals surface area contributed by atoms with E-state index in [1.807, 2.05) is 0 Å². The lowest BCUT2D eigenvalue weighted by atomic mass is 10.5. The average molecular weight is 248 g/mol. The maximum atomic E-state index is 11.0. The highest BCUT2D eigenvalue weighted by Gasteiger charge is 2.15. The average Bonchev–Trinajstić information content (AvgIpc) is 2.27. The van der Waals surface area contributed by atoms with Crippen LogP contribution < -0.4 is 0 Å². The maximum absolute atomic E-state index is 11.0. The molecule has 0 aliphatic heterocycles. The molecular weight excluding hydrogens is 232 g/mol. The molecule has 0 amide bonds. The van der Waals surface area contributed by atoms with Gasteiger partial charge in [-0.05, 0) is 12.2 Å². The van der Waals surface area contributed by atoms with Crippen LogP contribution in [0.25, 0.3) is 0 Å². The van der Waals surface area contributed by atoms with Crippen LogP contribution in [0.1, 0.15) is 0 Å². The number of rotatable bonds is 4. The Bertz CT molecular complexity index is 257. The number of carbonyl (C=O) groups is 2. The summed E-state index contributed by atoms with van der Waals surface area (Å²) in [6.45, 7) is 0.0850. The zero-order valence-corrected chi connectivity index (χ0v) is 10.7. The van der Waals surface area contributed by atoms with Crippen molar-refractivity contribution in [1.29, 1.82) is 0 Å². The molecule has 0 radical (unpaired) electrons. The minimum absolute atomic E-state index is 0.0425. The lowest BCUT2D eigenvalue weighted by Gasteiger charge is -2.26. The van der Waals surface area contributed by atoms with Gasteiger partial charge in [-0.2, -0.15) is 0 Å². The van der Waals surface area contributed by atoms with Gasteiger partial charge in [-0.1, -0.05) is 0 Å². The van der Waals surface area contributed by atoms with Crippen molar-refractivity contribution in [3.05, 3.63) is 0 Å². The molecule has 0 saturated heterocycles. The van der Waals surface area contributed by atoms with Gasteiger partial charge in [0.2, 0.25) is 0 Å². The molecule has 6 nitrogen and oxygen atoms in total. The first-order valence-corrected chi connectivity index (χ1v) is 4.93. The molecule has 16 heavy (non-hydrogen) atoms. The topological polar surface area (TPSA) is 59.1 Å². The molecule has 0 aromatic carbocycles. The predicted octanol–water partition coefficient (Wildman–Crippen LogP) is -0.519. The van der Waals surface area contributed by atoms with E-state index in [1.165, 1.54) is 24.0 Å². The summed E-state index contributed by atoms with van der Waals surface area (Å²) in [7, 11) is 5.90. The lowest BCUT2D eigenvalue weighted by Crippen LogP contribution is -2.43. The van der Waals surface area contributed by atoms with Crippen molar-refractivity contribution in [2.75, 3.05) is 41.4 Å². The minimum Gasteiger partial charge on any atom is -0.468 e. The number of hydrogen-bond donors (Lipinski definition) is 0. The predicted molar refractivity (Wildman–Crippen MR) is 61.9 cm³/mol. The molecular formula is C9H16N2O4S. The third kappa shape index (κ3) is 4.92. The lowest BCUT2D eigenvalue weighted by molar-refractivity contribution is -0.140. The molecule has 0 aliphatic rings. The molecule has 0 unspecified atom stereocenters. The Morgan fingerprint density at radius 3 is 1.56 bits per heavy atom. The second-order valence-electron chi connectivity index (χ2n) is 3.15. The molecule has 0 spiro atoms. The molecule has 0 bridgehead atoms. The first kappa shape index (κ1) is 14.6. The summed E-state index contributed by atoms with van der Waals surface area (Å²) in [6, 6.07) is 0. The van der Waals surface area contributed by atoms with E-state index < -0.39 is 11.9 Å². The van der Waals surface area contributed by atoms with Crippen LogP contribution in [0.2, 0.25) is 0 Å². The highest BCUT2D eigenvalue weighted by atomic mass is 32.1. The summed E-state index contributed by atoms with van der Waals surface area (Å²) in [5.74, 6) is -0.785. The Hall–Kier alpha value is -1.37. The molecule has 0 aromatic rings. The van der Waals surface area contributed by atoms with E-state index in [9.17, 15) is 9.59 Å². The Labute approximate surface area is 100 Å². The SMILES string of the molecule is COC(=O)CN(C)C(=S)N(C)CC(=O)OC. The van der Waals surface area contributed by atoms with Gasteiger partial charge < -0.3 is 19.3 Å². The van der Waals surface area contributed by atoms with Crippen LogP contribution in [-0.4, -0.2) is 68.3 Å². The number of thiocarbonyl (C=S) groups is 1. The zero-order chi connectivity index (χ0) is 12.7. The van der Waals surface area contributed by atoms with Gasteiger partial charge in [0.15, 0.2) is 5.11 Å². The summed E-state index contributed by atoms with van der Waals surface area (Å²) < 4.78 is 9.01. The van der Waals surface area contributed by atoms with Crippen molar-refractivity contribution in [2.24, 2.45) is 0 Å². The third-order valence-corrected chi connectivity index (χ3v) is 2.46. The fourth-order valence-corrected chi connectivity index (χ4v) is 1.07. The van der Waals surface area contributed by atoms with Crippen LogP contribution in [-0.2, 0) is 19.1 Å². The Kier molecular flexibility index (Phi) is 6.40. The minimum atomic E-state index is -0.392. The third-order valence-electron chi connectivity index (χ3n) is 1.84. The van der Waals surface area contributed by atoms with Crippen LogP contribution in [0.5, 0.6) is 0 Å². The molecule has 7 heteroatoms. The van der Waals surface area contributed by atoms with Crippen LogP contribution in [0.15, 0.2) is 0 Å². The van der Waals surface area contributed by atoms with E-state index in [2.05, 4.69) is 9.47 Å². The summed E-state index contributed by atoms with van der Waals surface area (Å²) in [5, 5.41) is 0.371. The van der Waals surface area contributed by atoms with E-state index in [-0.39, 0.29) is 13.1 Å². The summed E-state index contributed by atoms with van der Waals surface area (Å²) in [4.78, 5) is 25.0. The number of esters is 2. The van der Waals surface area contributed by atoms with Gasteiger partial charge in [0.05, 0.1) is 14.2 Å². The highest BCUT2D eigenvalue weighted by Crippen LogP contribution is 1.96. The Morgan fingerprint density at radius 2 is 1.31 bits per heavy atom. The summed E-state index contributed by atoms with van der Waals surface area (Å²) >= 11 is 5.07. The number of likely N-dealkylation sites (N-methyl/N-ethyl adjacent to an activating group) is 2. The Balaban J connectivity index is 4.21. The number of methoxy groups -OCH3 is 2. The van der Waals surface area contributed by atoms with Crippen LogP contribution >= 0.6 is 12.2 Å². The Morgan fingerprint density at radius 1 is 1.00 bits per heavy atom. The van der Waals surface area contributed by atoms with Gasteiger partial charge in [0.1, 0.15) is 13.1 Å². The van der Waals surface area contributed by atoms with E-state index in [1.54, 1.807) is 14.1 Å². The molecule has 0 aliphatic carbocycles. The normalized spacial score (nSPS) is 9.25. The largest absolute Gasteiger partial charge is 0.468 e. The highest BCUT2D eigenvalue weighted by molar-refractivity contribution is 7.80. The summed E-state index contributed by atoms with van der Waals surface area (Å²) in [5.41, 5.74) is 0. The van der Waals surface area contributed by atoms with Gasteiger partial charge in [0, 0.05) is 14.1 Å². The fourth-order valence-electron chi connectivity index (χ4n) is 0.943. The van der Waals surface area contributed by atoms with Crippen molar-refractivity contribution in [3.63, 3.8) is 0 Å². The molecule has 0 fully saturated rings. The van der Waals surface area contributed by atoms with Crippen LogP contribution in [0.4, 0.5) is 0 Å². The molecule has 0 rings (SSSR count). The van der Waals surface area contributed by atoms with Gasteiger partial charge in [-0.3, -0.25) is 9.59 Å². The summed E-state index contributed by atoms with van der Waals surface area (Å²) in [6.07, 6.45) is 0. The fraction of sp³-hybridized carbons (Fsp3) is 0.667. The first-order valence-electron chi connectivity index (χ1n) is 4.52. The smallest absolute Gasteiger partial charge is 0.325 e. The van der Waals surface area contributed by atoms with E-state index in [0.717, 1.165) is 0 Å². The van der Waals surface area contributed by atoms with E-state index in [4.69, 9.17) is 12.2 Å². The second kappa shape index (κ2) is 7.00. The molecule has 0 aromatic heterocycles. The van der Waals surface area contributed by atoms with Crippen molar-refractivity contribution >= 4 is 29.3 Å². The van der Waals surface area contributed by atoms with Gasteiger partial charge in [-0.25, -0.2) is 0 Å². The molecule has 0 saturated carbocycles. The van der Waals surface area contributed by atoms with Crippen molar-refractivity contribution in [3.8, 4) is 0 Å². The van der Waals surface area contributed by atoms with Crippen molar-refractivity contribution in [2.45, 2.75) is 0 Å².